The standard InChI is InChI=1S/C11H11NO3S/c1-14-7-4-6(11(12)2-3-11)5-8-9(7)15-10(13)16-8/h4-5H,2-3,12H2,1H3. The number of fused-ring (bicyclic) bond motifs is 1. The molecule has 0 bridgehead atoms. The SMILES string of the molecule is COc1cc(C2(N)CC2)cc2sc(=O)oc12. The summed E-state index contributed by atoms with van der Waals surface area (Å²) in [5.41, 5.74) is 7.44. The van der Waals surface area contributed by atoms with Crippen LogP contribution in [-0.2, 0) is 5.54 Å². The molecule has 84 valence electrons. The Morgan fingerprint density at radius 3 is 2.88 bits per heavy atom. The molecule has 1 heterocycles. The number of rotatable bonds is 2. The average molecular weight is 237 g/mol. The number of benzene rings is 1. The normalized spacial score (nSPS) is 17.6. The van der Waals surface area contributed by atoms with Gasteiger partial charge in [0.25, 0.3) is 0 Å². The molecule has 2 N–H and O–H groups in total. The Bertz CT molecular complexity index is 609. The highest BCUT2D eigenvalue weighted by Gasteiger charge is 2.40. The van der Waals surface area contributed by atoms with E-state index < -0.39 is 0 Å². The molecule has 0 amide bonds. The van der Waals surface area contributed by atoms with Crippen LogP contribution in [0.15, 0.2) is 21.3 Å². The minimum Gasteiger partial charge on any atom is -0.493 e. The first-order chi connectivity index (χ1) is 7.62. The largest absolute Gasteiger partial charge is 0.493 e. The lowest BCUT2D eigenvalue weighted by Gasteiger charge is -2.10. The van der Waals surface area contributed by atoms with Gasteiger partial charge in [-0.15, -0.1) is 0 Å². The van der Waals surface area contributed by atoms with Crippen LogP contribution < -0.4 is 15.4 Å². The molecule has 16 heavy (non-hydrogen) atoms. The van der Waals surface area contributed by atoms with Crippen molar-refractivity contribution in [1.29, 1.82) is 0 Å². The van der Waals surface area contributed by atoms with Crippen molar-refractivity contribution in [3.05, 3.63) is 27.4 Å². The maximum absolute atomic E-state index is 11.2. The Morgan fingerprint density at radius 1 is 1.50 bits per heavy atom. The van der Waals surface area contributed by atoms with Gasteiger partial charge in [-0.2, -0.15) is 0 Å². The molecule has 1 aromatic carbocycles. The molecule has 0 radical (unpaired) electrons. The van der Waals surface area contributed by atoms with Gasteiger partial charge in [-0.1, -0.05) is 11.3 Å². The molecule has 4 nitrogen and oxygen atoms in total. The summed E-state index contributed by atoms with van der Waals surface area (Å²) in [5.74, 6) is 0.586. The van der Waals surface area contributed by atoms with Crippen molar-refractivity contribution < 1.29 is 9.15 Å². The first-order valence-corrected chi connectivity index (χ1v) is 5.85. The van der Waals surface area contributed by atoms with Crippen LogP contribution in [0.25, 0.3) is 10.3 Å². The third kappa shape index (κ3) is 1.36. The summed E-state index contributed by atoms with van der Waals surface area (Å²) < 4.78 is 11.1. The highest BCUT2D eigenvalue weighted by atomic mass is 32.1. The lowest BCUT2D eigenvalue weighted by Crippen LogP contribution is -2.18. The Labute approximate surface area is 95.6 Å². The summed E-state index contributed by atoms with van der Waals surface area (Å²) in [4.78, 5) is 10.9. The van der Waals surface area contributed by atoms with E-state index in [-0.39, 0.29) is 10.5 Å². The van der Waals surface area contributed by atoms with Crippen molar-refractivity contribution in [2.75, 3.05) is 7.11 Å². The molecule has 0 spiro atoms. The molecule has 0 unspecified atom stereocenters. The lowest BCUT2D eigenvalue weighted by molar-refractivity contribution is 0.407. The van der Waals surface area contributed by atoms with E-state index in [2.05, 4.69) is 0 Å². The van der Waals surface area contributed by atoms with E-state index in [9.17, 15) is 4.79 Å². The highest BCUT2D eigenvalue weighted by Crippen LogP contribution is 2.45. The fourth-order valence-corrected chi connectivity index (χ4v) is 2.53. The molecular formula is C11H11NO3S. The first kappa shape index (κ1) is 9.86. The van der Waals surface area contributed by atoms with Gasteiger partial charge in [0, 0.05) is 5.54 Å². The van der Waals surface area contributed by atoms with Crippen LogP contribution in [0.3, 0.4) is 0 Å². The second-order valence-corrected chi connectivity index (χ2v) is 5.09. The van der Waals surface area contributed by atoms with Crippen molar-refractivity contribution in [3.8, 4) is 5.75 Å². The summed E-state index contributed by atoms with van der Waals surface area (Å²) in [6, 6.07) is 3.80. The van der Waals surface area contributed by atoms with Gasteiger partial charge in [0.2, 0.25) is 0 Å². The van der Waals surface area contributed by atoms with Crippen LogP contribution in [0, 0.1) is 0 Å². The van der Waals surface area contributed by atoms with Gasteiger partial charge < -0.3 is 14.9 Å². The van der Waals surface area contributed by atoms with Gasteiger partial charge in [-0.25, -0.2) is 4.79 Å². The van der Waals surface area contributed by atoms with Crippen molar-refractivity contribution in [2.45, 2.75) is 18.4 Å². The van der Waals surface area contributed by atoms with Gasteiger partial charge in [0.05, 0.1) is 11.8 Å². The van der Waals surface area contributed by atoms with Crippen molar-refractivity contribution in [3.63, 3.8) is 0 Å². The highest BCUT2D eigenvalue weighted by molar-refractivity contribution is 7.16. The van der Waals surface area contributed by atoms with Crippen molar-refractivity contribution >= 4 is 21.6 Å². The number of ether oxygens (including phenoxy) is 1. The summed E-state index contributed by atoms with van der Waals surface area (Å²) >= 11 is 1.08. The average Bonchev–Trinajstić information content (AvgIpc) is 2.89. The van der Waals surface area contributed by atoms with Crippen LogP contribution in [0.1, 0.15) is 18.4 Å². The summed E-state index contributed by atoms with van der Waals surface area (Å²) in [6.07, 6.45) is 1.96. The zero-order valence-electron chi connectivity index (χ0n) is 8.78. The summed E-state index contributed by atoms with van der Waals surface area (Å²) in [5, 5.41) is 0. The van der Waals surface area contributed by atoms with E-state index in [1.807, 2.05) is 12.1 Å². The van der Waals surface area contributed by atoms with Gasteiger partial charge in [0.1, 0.15) is 0 Å². The summed E-state index contributed by atoms with van der Waals surface area (Å²) in [7, 11) is 1.56. The first-order valence-electron chi connectivity index (χ1n) is 5.03. The van der Waals surface area contributed by atoms with E-state index in [1.54, 1.807) is 7.11 Å². The van der Waals surface area contributed by atoms with Crippen molar-refractivity contribution in [1.82, 2.24) is 0 Å². The second kappa shape index (κ2) is 3.09. The predicted molar refractivity (Wildman–Crippen MR) is 62.0 cm³/mol. The zero-order chi connectivity index (χ0) is 11.3. The summed E-state index contributed by atoms with van der Waals surface area (Å²) in [6.45, 7) is 0. The van der Waals surface area contributed by atoms with E-state index in [0.717, 1.165) is 34.4 Å². The smallest absolute Gasteiger partial charge is 0.396 e. The Hall–Kier alpha value is -1.33. The van der Waals surface area contributed by atoms with Crippen LogP contribution in [-0.4, -0.2) is 7.11 Å². The number of hydrogen-bond donors (Lipinski definition) is 1. The maximum Gasteiger partial charge on any atom is 0.396 e. The third-order valence-corrected chi connectivity index (χ3v) is 3.76. The maximum atomic E-state index is 11.2. The molecule has 5 heteroatoms. The molecule has 1 fully saturated rings. The molecule has 1 saturated carbocycles. The van der Waals surface area contributed by atoms with Crippen LogP contribution in [0.5, 0.6) is 5.75 Å². The van der Waals surface area contributed by atoms with Gasteiger partial charge in [0.15, 0.2) is 11.3 Å². The third-order valence-electron chi connectivity index (χ3n) is 2.98. The number of methoxy groups -OCH3 is 1. The number of hydrogen-bond acceptors (Lipinski definition) is 5. The molecule has 2 aromatic rings. The lowest BCUT2D eigenvalue weighted by atomic mass is 10.1. The number of nitrogens with two attached hydrogens (primary N) is 1. The van der Waals surface area contributed by atoms with Gasteiger partial charge in [-0.05, 0) is 30.5 Å². The predicted octanol–water partition coefficient (Wildman–Crippen LogP) is 1.81. The zero-order valence-corrected chi connectivity index (χ0v) is 9.60. The van der Waals surface area contributed by atoms with Gasteiger partial charge >= 0.3 is 4.94 Å². The molecule has 1 aliphatic carbocycles. The minimum absolute atomic E-state index is 0.228. The molecule has 0 atom stereocenters. The Balaban J connectivity index is 2.29. The van der Waals surface area contributed by atoms with E-state index in [0.29, 0.717) is 11.3 Å². The van der Waals surface area contributed by atoms with Crippen LogP contribution in [0.4, 0.5) is 0 Å². The van der Waals surface area contributed by atoms with Crippen molar-refractivity contribution in [2.24, 2.45) is 5.73 Å². The molecule has 0 aliphatic heterocycles. The van der Waals surface area contributed by atoms with Crippen LogP contribution in [0.2, 0.25) is 0 Å². The molecule has 3 rings (SSSR count). The molecule has 1 aromatic heterocycles. The molecular weight excluding hydrogens is 226 g/mol. The quantitative estimate of drug-likeness (QED) is 0.865. The second-order valence-electron chi connectivity index (χ2n) is 4.12. The monoisotopic (exact) mass is 237 g/mol. The van der Waals surface area contributed by atoms with E-state index in [4.69, 9.17) is 14.9 Å². The molecule has 1 aliphatic rings. The fraction of sp³-hybridized carbons (Fsp3) is 0.364. The van der Waals surface area contributed by atoms with E-state index >= 15 is 0 Å². The molecule has 0 saturated heterocycles. The topological polar surface area (TPSA) is 65.5 Å². The minimum atomic E-state index is -0.313. The van der Waals surface area contributed by atoms with Gasteiger partial charge in [-0.3, -0.25) is 0 Å². The van der Waals surface area contributed by atoms with Crippen LogP contribution >= 0.6 is 11.3 Å². The Morgan fingerprint density at radius 2 is 2.25 bits per heavy atom. The Kier molecular flexibility index (Phi) is 1.90. The van der Waals surface area contributed by atoms with E-state index in [1.165, 1.54) is 0 Å². The fourth-order valence-electron chi connectivity index (χ4n) is 1.81.